The van der Waals surface area contributed by atoms with Gasteiger partial charge >= 0.3 is 0 Å². The average molecular weight is 313 g/mol. The Hall–Kier alpha value is -2.14. The second-order valence-electron chi connectivity index (χ2n) is 6.35. The Balaban J connectivity index is 1.76. The Bertz CT molecular complexity index is 708. The summed E-state index contributed by atoms with van der Waals surface area (Å²) in [6.07, 6.45) is 5.38. The molecule has 122 valence electrons. The van der Waals surface area contributed by atoms with Gasteiger partial charge in [0.25, 0.3) is 0 Å². The van der Waals surface area contributed by atoms with Gasteiger partial charge in [-0.1, -0.05) is 0 Å². The number of hydrogen-bond donors (Lipinski definition) is 2. The average Bonchev–Trinajstić information content (AvgIpc) is 3.00. The molecule has 23 heavy (non-hydrogen) atoms. The molecule has 1 atom stereocenters. The lowest BCUT2D eigenvalue weighted by Crippen LogP contribution is -2.37. The highest BCUT2D eigenvalue weighted by Crippen LogP contribution is 2.32. The molecule has 0 bridgehead atoms. The molecule has 0 saturated carbocycles. The smallest absolute Gasteiger partial charge is 0.224 e. The molecule has 0 unspecified atom stereocenters. The molecule has 1 aliphatic rings. The number of amides is 1. The fourth-order valence-corrected chi connectivity index (χ4v) is 3.19. The first-order chi connectivity index (χ1) is 11.1. The molecular formula is C18H23N3O2. The number of methoxy groups -OCH3 is 1. The van der Waals surface area contributed by atoms with Crippen LogP contribution in [0.25, 0.3) is 10.9 Å². The molecule has 1 aliphatic heterocycles. The van der Waals surface area contributed by atoms with Crippen LogP contribution >= 0.6 is 0 Å². The quantitative estimate of drug-likeness (QED) is 0.890. The molecule has 1 aromatic heterocycles. The van der Waals surface area contributed by atoms with Crippen molar-refractivity contribution in [2.24, 2.45) is 0 Å². The molecule has 5 heteroatoms. The van der Waals surface area contributed by atoms with E-state index in [9.17, 15) is 4.79 Å². The molecule has 1 amide bonds. The number of fused-ring (bicyclic) bond motifs is 1. The van der Waals surface area contributed by atoms with Crippen LogP contribution in [-0.4, -0.2) is 30.1 Å². The van der Waals surface area contributed by atoms with E-state index < -0.39 is 0 Å². The maximum atomic E-state index is 12.4. The molecule has 0 spiro atoms. The van der Waals surface area contributed by atoms with Gasteiger partial charge in [0.1, 0.15) is 5.75 Å². The second kappa shape index (κ2) is 6.54. The third-order valence-electron chi connectivity index (χ3n) is 4.59. The van der Waals surface area contributed by atoms with Crippen LogP contribution in [-0.2, 0) is 4.79 Å². The highest BCUT2D eigenvalue weighted by atomic mass is 16.5. The summed E-state index contributed by atoms with van der Waals surface area (Å²) in [6.45, 7) is 3.23. The van der Waals surface area contributed by atoms with E-state index in [-0.39, 0.29) is 11.4 Å². The Morgan fingerprint density at radius 2 is 2.30 bits per heavy atom. The highest BCUT2D eigenvalue weighted by Gasteiger charge is 2.28. The van der Waals surface area contributed by atoms with Gasteiger partial charge in [0.15, 0.2) is 0 Å². The van der Waals surface area contributed by atoms with E-state index in [1.54, 1.807) is 13.3 Å². The number of ether oxygens (including phenoxy) is 1. The van der Waals surface area contributed by atoms with Crippen LogP contribution in [0.2, 0.25) is 0 Å². The van der Waals surface area contributed by atoms with Gasteiger partial charge in [-0.15, -0.1) is 0 Å². The van der Waals surface area contributed by atoms with Crippen LogP contribution in [0.15, 0.2) is 30.5 Å². The van der Waals surface area contributed by atoms with Gasteiger partial charge < -0.3 is 15.4 Å². The molecule has 0 radical (unpaired) electrons. The molecule has 1 aromatic carbocycles. The molecule has 3 rings (SSSR count). The molecule has 2 N–H and O–H groups in total. The summed E-state index contributed by atoms with van der Waals surface area (Å²) in [5.41, 5.74) is 1.63. The number of aromatic nitrogens is 1. The topological polar surface area (TPSA) is 63.2 Å². The van der Waals surface area contributed by atoms with Crippen LogP contribution in [0, 0.1) is 0 Å². The van der Waals surface area contributed by atoms with Crippen molar-refractivity contribution >= 4 is 22.5 Å². The standard InChI is InChI=1S/C18H23N3O2/c1-18(9-4-12-20-18)10-8-16(22)21-17-13-5-3-11-19-14(13)6-7-15(17)23-2/h3,5-7,11,20H,4,8-10,12H2,1-2H3,(H,21,22)/t18-/m0/s1. The maximum absolute atomic E-state index is 12.4. The Morgan fingerprint density at radius 1 is 1.43 bits per heavy atom. The predicted molar refractivity (Wildman–Crippen MR) is 91.8 cm³/mol. The van der Waals surface area contributed by atoms with Crippen molar-refractivity contribution < 1.29 is 9.53 Å². The van der Waals surface area contributed by atoms with E-state index in [0.717, 1.165) is 30.3 Å². The minimum atomic E-state index is 0.00887. The first kappa shape index (κ1) is 15.7. The molecule has 2 aromatic rings. The minimum Gasteiger partial charge on any atom is -0.495 e. The summed E-state index contributed by atoms with van der Waals surface area (Å²) >= 11 is 0. The zero-order valence-corrected chi connectivity index (χ0v) is 13.7. The fraction of sp³-hybridized carbons (Fsp3) is 0.444. The lowest BCUT2D eigenvalue weighted by atomic mass is 9.94. The van der Waals surface area contributed by atoms with E-state index in [1.165, 1.54) is 6.42 Å². The van der Waals surface area contributed by atoms with Crippen molar-refractivity contribution in [3.05, 3.63) is 30.5 Å². The number of anilines is 1. The van der Waals surface area contributed by atoms with Gasteiger partial charge in [-0.2, -0.15) is 0 Å². The third kappa shape index (κ3) is 3.45. The number of benzene rings is 1. The number of hydrogen-bond acceptors (Lipinski definition) is 4. The first-order valence-corrected chi connectivity index (χ1v) is 8.08. The van der Waals surface area contributed by atoms with Crippen molar-refractivity contribution in [3.8, 4) is 5.75 Å². The lowest BCUT2D eigenvalue weighted by Gasteiger charge is -2.24. The number of rotatable bonds is 5. The van der Waals surface area contributed by atoms with E-state index in [1.807, 2.05) is 24.3 Å². The number of nitrogens with zero attached hydrogens (tertiary/aromatic N) is 1. The molecule has 5 nitrogen and oxygen atoms in total. The van der Waals surface area contributed by atoms with Gasteiger partial charge in [-0.3, -0.25) is 9.78 Å². The number of carbonyl (C=O) groups is 1. The minimum absolute atomic E-state index is 0.00887. The van der Waals surface area contributed by atoms with Gasteiger partial charge in [0.05, 0.1) is 18.3 Å². The van der Waals surface area contributed by atoms with E-state index in [2.05, 4.69) is 22.5 Å². The van der Waals surface area contributed by atoms with E-state index in [0.29, 0.717) is 17.9 Å². The number of carbonyl (C=O) groups excluding carboxylic acids is 1. The second-order valence-corrected chi connectivity index (χ2v) is 6.35. The van der Waals surface area contributed by atoms with Gasteiger partial charge in [-0.25, -0.2) is 0 Å². The molecule has 0 aliphatic carbocycles. The summed E-state index contributed by atoms with van der Waals surface area (Å²) in [6, 6.07) is 7.54. The summed E-state index contributed by atoms with van der Waals surface area (Å²) in [7, 11) is 1.61. The van der Waals surface area contributed by atoms with Crippen molar-refractivity contribution in [2.45, 2.75) is 38.1 Å². The van der Waals surface area contributed by atoms with Crippen LogP contribution in [0.3, 0.4) is 0 Å². The number of nitrogens with one attached hydrogen (secondary N) is 2. The maximum Gasteiger partial charge on any atom is 0.224 e. The van der Waals surface area contributed by atoms with Crippen molar-refractivity contribution in [1.82, 2.24) is 10.3 Å². The van der Waals surface area contributed by atoms with Crippen LogP contribution in [0.5, 0.6) is 5.75 Å². The van der Waals surface area contributed by atoms with Crippen LogP contribution in [0.4, 0.5) is 5.69 Å². The summed E-state index contributed by atoms with van der Waals surface area (Å²) < 4.78 is 5.40. The Kier molecular flexibility index (Phi) is 4.48. The first-order valence-electron chi connectivity index (χ1n) is 8.08. The largest absolute Gasteiger partial charge is 0.495 e. The normalized spacial score (nSPS) is 20.6. The number of pyridine rings is 1. The van der Waals surface area contributed by atoms with Crippen LogP contribution in [0.1, 0.15) is 32.6 Å². The molecular weight excluding hydrogens is 290 g/mol. The van der Waals surface area contributed by atoms with E-state index >= 15 is 0 Å². The zero-order chi connectivity index (χ0) is 16.3. The summed E-state index contributed by atoms with van der Waals surface area (Å²) in [5.74, 6) is 0.665. The van der Waals surface area contributed by atoms with Crippen molar-refractivity contribution in [3.63, 3.8) is 0 Å². The fourth-order valence-electron chi connectivity index (χ4n) is 3.19. The van der Waals surface area contributed by atoms with Gasteiger partial charge in [0.2, 0.25) is 5.91 Å². The van der Waals surface area contributed by atoms with E-state index in [4.69, 9.17) is 4.74 Å². The SMILES string of the molecule is COc1ccc2ncccc2c1NC(=O)CC[C@]1(C)CCCN1. The third-order valence-corrected chi connectivity index (χ3v) is 4.59. The molecule has 2 heterocycles. The highest BCUT2D eigenvalue weighted by molar-refractivity contribution is 6.03. The van der Waals surface area contributed by atoms with Gasteiger partial charge in [-0.05, 0) is 57.0 Å². The van der Waals surface area contributed by atoms with Crippen LogP contribution < -0.4 is 15.4 Å². The summed E-state index contributed by atoms with van der Waals surface area (Å²) in [4.78, 5) is 16.7. The lowest BCUT2D eigenvalue weighted by molar-refractivity contribution is -0.116. The predicted octanol–water partition coefficient (Wildman–Crippen LogP) is 3.10. The molecule has 1 fully saturated rings. The Morgan fingerprint density at radius 3 is 3.04 bits per heavy atom. The molecule has 1 saturated heterocycles. The van der Waals surface area contributed by atoms with Crippen molar-refractivity contribution in [1.29, 1.82) is 0 Å². The van der Waals surface area contributed by atoms with Gasteiger partial charge in [0, 0.05) is 23.5 Å². The monoisotopic (exact) mass is 313 g/mol. The Labute approximate surface area is 136 Å². The zero-order valence-electron chi connectivity index (χ0n) is 13.7. The summed E-state index contributed by atoms with van der Waals surface area (Å²) in [5, 5.41) is 7.40. The van der Waals surface area contributed by atoms with Crippen molar-refractivity contribution in [2.75, 3.05) is 19.0 Å².